The molecule has 1 atom stereocenters. The molecule has 33 heavy (non-hydrogen) atoms. The maximum absolute atomic E-state index is 14.4. The lowest BCUT2D eigenvalue weighted by molar-refractivity contribution is -0.137. The topological polar surface area (TPSA) is 54.5 Å². The summed E-state index contributed by atoms with van der Waals surface area (Å²) < 4.78 is 59.0. The van der Waals surface area contributed by atoms with Crippen molar-refractivity contribution >= 4 is 23.1 Å². The first-order valence-electron chi connectivity index (χ1n) is 10.1. The van der Waals surface area contributed by atoms with Crippen LogP contribution in [-0.4, -0.2) is 36.1 Å². The van der Waals surface area contributed by atoms with Gasteiger partial charge < -0.3 is 15.0 Å². The lowest BCUT2D eigenvalue weighted by Crippen LogP contribution is -2.37. The average molecular weight is 479 g/mol. The van der Waals surface area contributed by atoms with Gasteiger partial charge in [-0.25, -0.2) is 14.2 Å². The number of benzene rings is 2. The Morgan fingerprint density at radius 3 is 2.67 bits per heavy atom. The number of likely N-dealkylation sites (tertiary alicyclic amines) is 1. The van der Waals surface area contributed by atoms with E-state index in [-0.39, 0.29) is 23.8 Å². The Hall–Kier alpha value is -3.14. The predicted molar refractivity (Wildman–Crippen MR) is 117 cm³/mol. The van der Waals surface area contributed by atoms with Crippen LogP contribution in [0.25, 0.3) is 0 Å². The number of hydrogen-bond acceptors (Lipinski definition) is 4. The van der Waals surface area contributed by atoms with Gasteiger partial charge in [-0.1, -0.05) is 12.1 Å². The zero-order chi connectivity index (χ0) is 23.8. The van der Waals surface area contributed by atoms with Gasteiger partial charge in [0.25, 0.3) is 0 Å². The van der Waals surface area contributed by atoms with Crippen LogP contribution in [0.3, 0.4) is 0 Å². The number of carbonyl (C=O) groups excluding carboxylic acids is 1. The molecule has 0 bridgehead atoms. The second-order valence-corrected chi connectivity index (χ2v) is 8.79. The number of urea groups is 1. The van der Waals surface area contributed by atoms with E-state index in [0.29, 0.717) is 24.1 Å². The molecule has 0 radical (unpaired) electrons. The second kappa shape index (κ2) is 8.66. The molecule has 174 valence electrons. The molecular weight excluding hydrogens is 458 g/mol. The van der Waals surface area contributed by atoms with Crippen LogP contribution >= 0.6 is 11.3 Å². The molecule has 3 aromatic rings. The first kappa shape index (κ1) is 23.0. The van der Waals surface area contributed by atoms with Crippen molar-refractivity contribution in [3.8, 4) is 5.75 Å². The predicted octanol–water partition coefficient (Wildman–Crippen LogP) is 5.84. The summed E-state index contributed by atoms with van der Waals surface area (Å²) in [6, 6.07) is 7.32. The summed E-state index contributed by atoms with van der Waals surface area (Å²) in [6.07, 6.45) is -2.41. The number of thiazole rings is 1. The van der Waals surface area contributed by atoms with Gasteiger partial charge in [-0.15, -0.1) is 11.3 Å². The number of alkyl halides is 3. The molecule has 2 heterocycles. The van der Waals surface area contributed by atoms with Crippen molar-refractivity contribution in [2.75, 3.05) is 25.5 Å². The lowest BCUT2D eigenvalue weighted by atomic mass is 9.80. The monoisotopic (exact) mass is 479 g/mol. The SMILES string of the molecule is COc1ccc(C(F)(F)F)cc1NC(=O)N1CCC(c2ccc(C)c(F)c2)(c2nccs2)C1. The summed E-state index contributed by atoms with van der Waals surface area (Å²) >= 11 is 1.42. The van der Waals surface area contributed by atoms with Crippen LogP contribution in [0.1, 0.15) is 28.1 Å². The maximum Gasteiger partial charge on any atom is 0.416 e. The van der Waals surface area contributed by atoms with Gasteiger partial charge in [-0.2, -0.15) is 13.2 Å². The number of carbonyl (C=O) groups is 1. The zero-order valence-electron chi connectivity index (χ0n) is 17.9. The van der Waals surface area contributed by atoms with Crippen molar-refractivity contribution in [2.24, 2.45) is 0 Å². The Balaban J connectivity index is 1.63. The van der Waals surface area contributed by atoms with Gasteiger partial charge in [0.15, 0.2) is 0 Å². The number of amides is 2. The fraction of sp³-hybridized carbons (Fsp3) is 0.304. The van der Waals surface area contributed by atoms with E-state index in [1.54, 1.807) is 19.2 Å². The number of aromatic nitrogens is 1. The molecule has 1 aromatic heterocycles. The molecule has 2 aromatic carbocycles. The first-order valence-corrected chi connectivity index (χ1v) is 11.0. The number of hydrogen-bond donors (Lipinski definition) is 1. The van der Waals surface area contributed by atoms with Crippen LogP contribution in [-0.2, 0) is 11.6 Å². The van der Waals surface area contributed by atoms with Crippen molar-refractivity contribution in [3.05, 3.63) is 75.5 Å². The fourth-order valence-corrected chi connectivity index (χ4v) is 4.93. The third-order valence-electron chi connectivity index (χ3n) is 5.89. The van der Waals surface area contributed by atoms with Gasteiger partial charge in [-0.3, -0.25) is 0 Å². The molecule has 1 saturated heterocycles. The Morgan fingerprint density at radius 1 is 1.24 bits per heavy atom. The maximum atomic E-state index is 14.4. The van der Waals surface area contributed by atoms with E-state index in [1.165, 1.54) is 29.4 Å². The highest BCUT2D eigenvalue weighted by Crippen LogP contribution is 2.43. The van der Waals surface area contributed by atoms with E-state index in [2.05, 4.69) is 10.3 Å². The van der Waals surface area contributed by atoms with Crippen LogP contribution in [0.15, 0.2) is 48.0 Å². The Bertz CT molecular complexity index is 1170. The van der Waals surface area contributed by atoms with E-state index < -0.39 is 23.2 Å². The minimum atomic E-state index is -4.56. The fourth-order valence-electron chi connectivity index (χ4n) is 4.04. The Morgan fingerprint density at radius 2 is 2.03 bits per heavy atom. The molecular formula is C23H21F4N3O2S. The third-order valence-corrected chi connectivity index (χ3v) is 6.87. The normalized spacial score (nSPS) is 18.4. The van der Waals surface area contributed by atoms with E-state index in [9.17, 15) is 22.4 Å². The standard InChI is InChI=1S/C23H21F4N3O2S/c1-14-3-4-15(11-17(14)24)22(20-28-8-10-33-20)7-9-30(13-22)21(31)29-18-12-16(23(25,26)27)5-6-19(18)32-2/h3-6,8,10-12H,7,9,13H2,1-2H3,(H,29,31). The van der Waals surface area contributed by atoms with E-state index in [0.717, 1.165) is 23.2 Å². The van der Waals surface area contributed by atoms with Gasteiger partial charge in [0.1, 0.15) is 16.6 Å². The molecule has 0 saturated carbocycles. The molecule has 1 N–H and O–H groups in total. The third kappa shape index (κ3) is 4.39. The number of halogens is 4. The quantitative estimate of drug-likeness (QED) is 0.478. The van der Waals surface area contributed by atoms with Gasteiger partial charge in [0, 0.05) is 24.7 Å². The van der Waals surface area contributed by atoms with Gasteiger partial charge in [-0.05, 0) is 48.7 Å². The number of methoxy groups -OCH3 is 1. The number of anilines is 1. The summed E-state index contributed by atoms with van der Waals surface area (Å²) in [5, 5.41) is 5.11. The molecule has 0 aliphatic carbocycles. The van der Waals surface area contributed by atoms with Crippen LogP contribution < -0.4 is 10.1 Å². The lowest BCUT2D eigenvalue weighted by Gasteiger charge is -2.28. The van der Waals surface area contributed by atoms with Crippen LogP contribution in [0.5, 0.6) is 5.75 Å². The number of rotatable bonds is 4. The number of nitrogens with zero attached hydrogens (tertiary/aromatic N) is 2. The highest BCUT2D eigenvalue weighted by molar-refractivity contribution is 7.09. The first-order chi connectivity index (χ1) is 15.6. The molecule has 1 fully saturated rings. The van der Waals surface area contributed by atoms with Crippen molar-refractivity contribution in [1.82, 2.24) is 9.88 Å². The average Bonchev–Trinajstić information content (AvgIpc) is 3.46. The van der Waals surface area contributed by atoms with Crippen molar-refractivity contribution < 1.29 is 27.1 Å². The van der Waals surface area contributed by atoms with Crippen LogP contribution in [0, 0.1) is 12.7 Å². The summed E-state index contributed by atoms with van der Waals surface area (Å²) in [7, 11) is 1.31. The summed E-state index contributed by atoms with van der Waals surface area (Å²) in [6.45, 7) is 2.20. The van der Waals surface area contributed by atoms with Gasteiger partial charge in [0.05, 0.1) is 23.8 Å². The van der Waals surface area contributed by atoms with Gasteiger partial charge >= 0.3 is 12.2 Å². The van der Waals surface area contributed by atoms with Gasteiger partial charge in [0.2, 0.25) is 0 Å². The van der Waals surface area contributed by atoms with E-state index >= 15 is 0 Å². The van der Waals surface area contributed by atoms with E-state index in [1.807, 2.05) is 11.4 Å². The van der Waals surface area contributed by atoms with E-state index in [4.69, 9.17) is 4.74 Å². The summed E-state index contributed by atoms with van der Waals surface area (Å²) in [5.74, 6) is -0.234. The van der Waals surface area contributed by atoms with Crippen molar-refractivity contribution in [2.45, 2.75) is 24.9 Å². The smallest absolute Gasteiger partial charge is 0.416 e. The number of nitrogens with one attached hydrogen (secondary N) is 1. The Kier molecular flexibility index (Phi) is 6.04. The molecule has 10 heteroatoms. The second-order valence-electron chi connectivity index (χ2n) is 7.90. The zero-order valence-corrected chi connectivity index (χ0v) is 18.7. The molecule has 1 aliphatic heterocycles. The Labute approximate surface area is 192 Å². The molecule has 1 aliphatic rings. The number of ether oxygens (including phenoxy) is 1. The van der Waals surface area contributed by atoms with Crippen molar-refractivity contribution in [1.29, 1.82) is 0 Å². The summed E-state index contributed by atoms with van der Waals surface area (Å²) in [4.78, 5) is 19.0. The van der Waals surface area contributed by atoms with Crippen LogP contribution in [0.2, 0.25) is 0 Å². The summed E-state index contributed by atoms with van der Waals surface area (Å²) in [5.41, 5.74) is -0.472. The molecule has 2 amide bonds. The number of aryl methyl sites for hydroxylation is 1. The van der Waals surface area contributed by atoms with Crippen molar-refractivity contribution in [3.63, 3.8) is 0 Å². The molecule has 1 unspecified atom stereocenters. The molecule has 0 spiro atoms. The molecule has 4 rings (SSSR count). The van der Waals surface area contributed by atoms with Crippen LogP contribution in [0.4, 0.5) is 28.0 Å². The minimum absolute atomic E-state index is 0.0783. The largest absolute Gasteiger partial charge is 0.495 e. The molecule has 5 nitrogen and oxygen atoms in total. The highest BCUT2D eigenvalue weighted by Gasteiger charge is 2.45. The minimum Gasteiger partial charge on any atom is -0.495 e. The highest BCUT2D eigenvalue weighted by atomic mass is 32.1.